The molecule has 3 nitrogen and oxygen atoms in total. The summed E-state index contributed by atoms with van der Waals surface area (Å²) in [5.41, 5.74) is 1.11. The van der Waals surface area contributed by atoms with Gasteiger partial charge in [0.05, 0.1) is 6.61 Å². The fourth-order valence-corrected chi connectivity index (χ4v) is 2.85. The zero-order valence-corrected chi connectivity index (χ0v) is 16.6. The largest absolute Gasteiger partial charge is 0.504 e. The quantitative estimate of drug-likeness (QED) is 0.291. The van der Waals surface area contributed by atoms with Crippen LogP contribution in [0.1, 0.15) is 83.6 Å². The monoisotopic (exact) mass is 360 g/mol. The SMILES string of the molecule is CCCCCCCCCC(=O)C=CCCc1ccc(O)c(OCCC)c1. The minimum absolute atomic E-state index is 0.183. The number of ether oxygens (including phenoxy) is 1. The Balaban J connectivity index is 2.20. The van der Waals surface area contributed by atoms with Crippen molar-refractivity contribution in [1.29, 1.82) is 0 Å². The van der Waals surface area contributed by atoms with Gasteiger partial charge in [0.1, 0.15) is 0 Å². The summed E-state index contributed by atoms with van der Waals surface area (Å²) in [6.07, 6.45) is 15.6. The van der Waals surface area contributed by atoms with E-state index in [0.717, 1.165) is 37.7 Å². The van der Waals surface area contributed by atoms with Gasteiger partial charge in [-0.25, -0.2) is 0 Å². The maximum absolute atomic E-state index is 11.9. The first kappa shape index (κ1) is 22.3. The third-order valence-electron chi connectivity index (χ3n) is 4.42. The molecule has 0 spiro atoms. The van der Waals surface area contributed by atoms with Crippen LogP contribution in [0.5, 0.6) is 11.5 Å². The highest BCUT2D eigenvalue weighted by Gasteiger charge is 2.03. The van der Waals surface area contributed by atoms with Crippen molar-refractivity contribution in [3.63, 3.8) is 0 Å². The number of allylic oxidation sites excluding steroid dienone is 2. The standard InChI is InChI=1S/C23H36O3/c1-3-5-6-7-8-9-10-14-21(24)15-12-11-13-20-16-17-22(25)23(19-20)26-18-4-2/h12,15-17,19,25H,3-11,13-14,18H2,1-2H3. The van der Waals surface area contributed by atoms with Gasteiger partial charge in [0.2, 0.25) is 0 Å². The number of benzene rings is 1. The average molecular weight is 361 g/mol. The van der Waals surface area contributed by atoms with Crippen molar-refractivity contribution in [2.75, 3.05) is 6.61 Å². The average Bonchev–Trinajstić information content (AvgIpc) is 2.64. The van der Waals surface area contributed by atoms with Gasteiger partial charge in [-0.3, -0.25) is 4.79 Å². The van der Waals surface area contributed by atoms with Crippen molar-refractivity contribution >= 4 is 5.78 Å². The molecule has 26 heavy (non-hydrogen) atoms. The van der Waals surface area contributed by atoms with E-state index in [4.69, 9.17) is 4.74 Å². The Labute approximate surface area is 159 Å². The van der Waals surface area contributed by atoms with Crippen LogP contribution in [0.15, 0.2) is 30.4 Å². The maximum atomic E-state index is 11.9. The molecule has 0 aliphatic heterocycles. The summed E-state index contributed by atoms with van der Waals surface area (Å²) in [5, 5.41) is 9.79. The molecule has 0 aromatic heterocycles. The Morgan fingerprint density at radius 3 is 2.50 bits per heavy atom. The molecule has 1 aromatic carbocycles. The van der Waals surface area contributed by atoms with E-state index >= 15 is 0 Å². The van der Waals surface area contributed by atoms with Gasteiger partial charge in [0, 0.05) is 6.42 Å². The Morgan fingerprint density at radius 2 is 1.77 bits per heavy atom. The normalized spacial score (nSPS) is 11.2. The molecule has 0 atom stereocenters. The fraction of sp³-hybridized carbons (Fsp3) is 0.609. The van der Waals surface area contributed by atoms with Gasteiger partial charge in [-0.05, 0) is 49.5 Å². The summed E-state index contributed by atoms with van der Waals surface area (Å²) in [6.45, 7) is 4.87. The van der Waals surface area contributed by atoms with E-state index in [1.165, 1.54) is 32.1 Å². The number of carbonyl (C=O) groups excluding carboxylic acids is 1. The van der Waals surface area contributed by atoms with E-state index in [9.17, 15) is 9.90 Å². The van der Waals surface area contributed by atoms with Crippen LogP contribution in [0.2, 0.25) is 0 Å². The van der Waals surface area contributed by atoms with E-state index in [1.807, 2.05) is 25.1 Å². The third-order valence-corrected chi connectivity index (χ3v) is 4.42. The lowest BCUT2D eigenvalue weighted by atomic mass is 10.1. The van der Waals surface area contributed by atoms with Crippen LogP contribution in [-0.4, -0.2) is 17.5 Å². The maximum Gasteiger partial charge on any atom is 0.161 e. The lowest BCUT2D eigenvalue weighted by Gasteiger charge is -2.08. The Bertz CT molecular complexity index is 534. The summed E-state index contributed by atoms with van der Waals surface area (Å²) >= 11 is 0. The smallest absolute Gasteiger partial charge is 0.161 e. The number of rotatable bonds is 15. The van der Waals surface area contributed by atoms with E-state index < -0.39 is 0 Å². The van der Waals surface area contributed by atoms with Crippen molar-refractivity contribution in [1.82, 2.24) is 0 Å². The topological polar surface area (TPSA) is 46.5 Å². The summed E-state index contributed by atoms with van der Waals surface area (Å²) < 4.78 is 5.53. The molecule has 1 rings (SSSR count). The van der Waals surface area contributed by atoms with Gasteiger partial charge in [-0.2, -0.15) is 0 Å². The Hall–Kier alpha value is -1.77. The lowest BCUT2D eigenvalue weighted by Crippen LogP contribution is -1.96. The second kappa shape index (κ2) is 14.4. The second-order valence-corrected chi connectivity index (χ2v) is 6.93. The molecule has 3 heteroatoms. The second-order valence-electron chi connectivity index (χ2n) is 6.93. The summed E-state index contributed by atoms with van der Waals surface area (Å²) in [6, 6.07) is 5.47. The van der Waals surface area contributed by atoms with Crippen molar-refractivity contribution in [3.05, 3.63) is 35.9 Å². The number of phenols is 1. The van der Waals surface area contributed by atoms with Crippen LogP contribution in [0.4, 0.5) is 0 Å². The minimum atomic E-state index is 0.183. The highest BCUT2D eigenvalue weighted by atomic mass is 16.5. The van der Waals surface area contributed by atoms with Gasteiger partial charge < -0.3 is 9.84 Å². The molecule has 0 bridgehead atoms. The number of phenolic OH excluding ortho intramolecular Hbond substituents is 1. The minimum Gasteiger partial charge on any atom is -0.504 e. The predicted molar refractivity (Wildman–Crippen MR) is 109 cm³/mol. The number of carbonyl (C=O) groups is 1. The van der Waals surface area contributed by atoms with E-state index in [0.29, 0.717) is 18.8 Å². The first-order valence-electron chi connectivity index (χ1n) is 10.3. The number of ketones is 1. The molecule has 146 valence electrons. The molecule has 0 saturated heterocycles. The lowest BCUT2D eigenvalue weighted by molar-refractivity contribution is -0.114. The van der Waals surface area contributed by atoms with Crippen molar-refractivity contribution in [2.45, 2.75) is 84.5 Å². The van der Waals surface area contributed by atoms with Crippen LogP contribution in [0, 0.1) is 0 Å². The molecular formula is C23H36O3. The van der Waals surface area contributed by atoms with Crippen molar-refractivity contribution in [2.24, 2.45) is 0 Å². The van der Waals surface area contributed by atoms with Crippen LogP contribution < -0.4 is 4.74 Å². The van der Waals surface area contributed by atoms with Gasteiger partial charge in [0.25, 0.3) is 0 Å². The molecular weight excluding hydrogens is 324 g/mol. The van der Waals surface area contributed by atoms with E-state index in [-0.39, 0.29) is 11.5 Å². The van der Waals surface area contributed by atoms with Crippen LogP contribution >= 0.6 is 0 Å². The first-order valence-corrected chi connectivity index (χ1v) is 10.3. The number of unbranched alkanes of at least 4 members (excludes halogenated alkanes) is 6. The van der Waals surface area contributed by atoms with Crippen molar-refractivity contribution < 1.29 is 14.6 Å². The zero-order chi connectivity index (χ0) is 19.0. The highest BCUT2D eigenvalue weighted by Crippen LogP contribution is 2.27. The highest BCUT2D eigenvalue weighted by molar-refractivity contribution is 5.89. The molecule has 0 radical (unpaired) electrons. The van der Waals surface area contributed by atoms with Crippen LogP contribution in [0.3, 0.4) is 0 Å². The zero-order valence-electron chi connectivity index (χ0n) is 16.6. The fourth-order valence-electron chi connectivity index (χ4n) is 2.85. The molecule has 0 unspecified atom stereocenters. The van der Waals surface area contributed by atoms with Crippen LogP contribution in [-0.2, 0) is 11.2 Å². The Morgan fingerprint density at radius 1 is 1.04 bits per heavy atom. The van der Waals surface area contributed by atoms with E-state index in [2.05, 4.69) is 6.92 Å². The summed E-state index contributed by atoms with van der Waals surface area (Å²) in [5.74, 6) is 0.960. The summed E-state index contributed by atoms with van der Waals surface area (Å²) in [7, 11) is 0. The van der Waals surface area contributed by atoms with E-state index in [1.54, 1.807) is 12.1 Å². The number of hydrogen-bond acceptors (Lipinski definition) is 3. The molecule has 1 N–H and O–H groups in total. The molecule has 0 heterocycles. The molecule has 1 aromatic rings. The molecule has 0 amide bonds. The molecule has 0 aliphatic carbocycles. The first-order chi connectivity index (χ1) is 12.7. The van der Waals surface area contributed by atoms with Gasteiger partial charge in [-0.1, -0.05) is 64.5 Å². The van der Waals surface area contributed by atoms with Gasteiger partial charge in [0.15, 0.2) is 17.3 Å². The molecule has 0 saturated carbocycles. The number of hydrogen-bond donors (Lipinski definition) is 1. The van der Waals surface area contributed by atoms with Gasteiger partial charge in [-0.15, -0.1) is 0 Å². The van der Waals surface area contributed by atoms with Crippen molar-refractivity contribution in [3.8, 4) is 11.5 Å². The molecule has 0 aliphatic rings. The Kier molecular flexibility index (Phi) is 12.3. The predicted octanol–water partition coefficient (Wildman–Crippen LogP) is 6.38. The van der Waals surface area contributed by atoms with Gasteiger partial charge >= 0.3 is 0 Å². The number of aromatic hydroxyl groups is 1. The third kappa shape index (κ3) is 10.3. The molecule has 0 fully saturated rings. The summed E-state index contributed by atoms with van der Waals surface area (Å²) in [4.78, 5) is 11.9. The van der Waals surface area contributed by atoms with Crippen LogP contribution in [0.25, 0.3) is 0 Å². The number of aryl methyl sites for hydroxylation is 1.